The maximum atomic E-state index is 12.2. The van der Waals surface area contributed by atoms with Crippen molar-refractivity contribution in [3.8, 4) is 0 Å². The van der Waals surface area contributed by atoms with Crippen LogP contribution in [-0.4, -0.2) is 59.3 Å². The summed E-state index contributed by atoms with van der Waals surface area (Å²) in [6, 6.07) is 0. The van der Waals surface area contributed by atoms with Crippen molar-refractivity contribution < 1.29 is 57.3 Å². The predicted molar refractivity (Wildman–Crippen MR) is 95.5 cm³/mol. The summed E-state index contributed by atoms with van der Waals surface area (Å²) >= 11 is 0. The highest BCUT2D eigenvalue weighted by Crippen LogP contribution is 2.54. The van der Waals surface area contributed by atoms with Crippen molar-refractivity contribution in [2.45, 2.75) is 69.2 Å². The fourth-order valence-electron chi connectivity index (χ4n) is 2.67. The van der Waals surface area contributed by atoms with Gasteiger partial charge in [0.1, 0.15) is 11.5 Å². The van der Waals surface area contributed by atoms with Crippen molar-refractivity contribution in [2.24, 2.45) is 5.92 Å². The molecule has 0 radical (unpaired) electrons. The average molecular weight is 514 g/mol. The molecule has 0 aromatic carbocycles. The number of Topliss-reactive ketones (excluding diaryl/α,β-unsaturated/α-hetero) is 1. The number of carbonyl (C=O) groups excluding carboxylic acids is 1. The molecule has 1 aliphatic rings. The average Bonchev–Trinajstić information content (AvgIpc) is 2.65. The van der Waals surface area contributed by atoms with Crippen molar-refractivity contribution in [3.63, 3.8) is 0 Å². The first-order chi connectivity index (χ1) is 13.8. The monoisotopic (exact) mass is 514 g/mol. The molecule has 31 heavy (non-hydrogen) atoms. The van der Waals surface area contributed by atoms with Crippen LogP contribution in [0, 0.1) is 5.92 Å². The predicted octanol–water partition coefficient (Wildman–Crippen LogP) is 4.75. The summed E-state index contributed by atoms with van der Waals surface area (Å²) in [5.41, 5.74) is 0. The Labute approximate surface area is 177 Å². The topological polar surface area (TPSA) is 74.3 Å². The van der Waals surface area contributed by atoms with Gasteiger partial charge in [-0.25, -0.2) is 8.42 Å². The van der Waals surface area contributed by atoms with Gasteiger partial charge in [0.25, 0.3) is 0 Å². The number of hydrogen-bond donors (Lipinski definition) is 0. The minimum atomic E-state index is -7.43. The molecular weight excluding hydrogens is 491 g/mol. The van der Waals surface area contributed by atoms with Crippen LogP contribution in [0.4, 0.5) is 39.5 Å². The number of alkyl halides is 9. The van der Waals surface area contributed by atoms with E-state index in [4.69, 9.17) is 0 Å². The van der Waals surface area contributed by atoms with Crippen LogP contribution in [0.1, 0.15) is 46.0 Å². The van der Waals surface area contributed by atoms with Crippen LogP contribution in [-0.2, 0) is 25.8 Å². The summed E-state index contributed by atoms with van der Waals surface area (Å²) in [5, 5.41) is -7.11. The van der Waals surface area contributed by atoms with Gasteiger partial charge in [0.2, 0.25) is 0 Å². The Morgan fingerprint density at radius 3 is 1.61 bits per heavy atom. The van der Waals surface area contributed by atoms with Gasteiger partial charge in [-0.05, 0) is 37.6 Å². The number of halogens is 9. The zero-order valence-corrected chi connectivity index (χ0v) is 18.2. The summed E-state index contributed by atoms with van der Waals surface area (Å²) in [4.78, 5) is 11.9. The molecule has 0 spiro atoms. The maximum absolute atomic E-state index is 12.2. The summed E-state index contributed by atoms with van der Waals surface area (Å²) in [6.07, 6.45) is -0.917. The van der Waals surface area contributed by atoms with Crippen molar-refractivity contribution in [1.82, 2.24) is 0 Å². The van der Waals surface area contributed by atoms with Crippen LogP contribution in [0.2, 0.25) is 0 Å². The quantitative estimate of drug-likeness (QED) is 0.266. The van der Waals surface area contributed by atoms with Gasteiger partial charge in [0.05, 0.1) is 0 Å². The summed E-state index contributed by atoms with van der Waals surface area (Å²) in [6.45, 7) is 4.42. The molecule has 15 heteroatoms. The molecule has 0 saturated heterocycles. The molecule has 0 heterocycles. The number of hydrogen-bond acceptors (Lipinski definition) is 4. The lowest BCUT2D eigenvalue weighted by atomic mass is 9.87. The third-order valence-corrected chi connectivity index (χ3v) is 7.86. The van der Waals surface area contributed by atoms with Crippen LogP contribution >= 0.6 is 0 Å². The van der Waals surface area contributed by atoms with E-state index in [1.165, 1.54) is 43.6 Å². The minimum absolute atomic E-state index is 0.380. The lowest BCUT2D eigenvalue weighted by Crippen LogP contribution is -2.63. The van der Waals surface area contributed by atoms with E-state index in [-0.39, 0.29) is 0 Å². The normalized spacial score (nSPS) is 17.3. The van der Waals surface area contributed by atoms with E-state index in [1.807, 2.05) is 0 Å². The molecule has 4 nitrogen and oxygen atoms in total. The van der Waals surface area contributed by atoms with Crippen LogP contribution in [0.25, 0.3) is 0 Å². The van der Waals surface area contributed by atoms with Crippen LogP contribution in [0.15, 0.2) is 0 Å². The van der Waals surface area contributed by atoms with E-state index in [9.17, 15) is 57.3 Å². The number of ketones is 1. The Kier molecular flexibility index (Phi) is 10.7. The van der Waals surface area contributed by atoms with Gasteiger partial charge in [0.15, 0.2) is 21.7 Å². The molecule has 1 rings (SSSR count). The minimum Gasteiger partial charge on any atom is -0.743 e. The van der Waals surface area contributed by atoms with E-state index < -0.39 is 33.4 Å². The molecule has 1 saturated carbocycles. The Morgan fingerprint density at radius 2 is 1.29 bits per heavy atom. The first kappa shape index (κ1) is 30.3. The summed E-state index contributed by atoms with van der Waals surface area (Å²) in [5.74, 6) is -10.6. The van der Waals surface area contributed by atoms with Gasteiger partial charge in [-0.2, -0.15) is 39.5 Å². The lowest BCUT2D eigenvalue weighted by molar-refractivity contribution is -0.382. The molecule has 1 aliphatic carbocycles. The van der Waals surface area contributed by atoms with Crippen LogP contribution in [0.5, 0.6) is 0 Å². The number of rotatable bonds is 8. The van der Waals surface area contributed by atoms with Gasteiger partial charge in [0, 0.05) is 5.92 Å². The van der Waals surface area contributed by atoms with Crippen molar-refractivity contribution in [2.75, 3.05) is 17.3 Å². The fraction of sp³-hybridized carbons (Fsp3) is 0.938. The van der Waals surface area contributed by atoms with Gasteiger partial charge in [-0.3, -0.25) is 4.79 Å². The standard InChI is InChI=1S/C12H23OS.C4HF9O3S/c1-3-14(4-2)10-12(13)11-8-6-5-7-9-11;5-1(6,3(9,10)11)2(7,8)4(12,13)17(14,15)16/h11H,3-10H2,1-2H3;(H,14,15,16)/q+1;/p-1. The third-order valence-electron chi connectivity index (χ3n) is 4.65. The Bertz CT molecular complexity index is 684. The molecule has 1 fully saturated rings. The summed E-state index contributed by atoms with van der Waals surface area (Å²) in [7, 11) is -7.04. The smallest absolute Gasteiger partial charge is 0.460 e. The van der Waals surface area contributed by atoms with Crippen molar-refractivity contribution in [3.05, 3.63) is 0 Å². The second kappa shape index (κ2) is 10.9. The van der Waals surface area contributed by atoms with E-state index >= 15 is 0 Å². The molecule has 0 aromatic heterocycles. The van der Waals surface area contributed by atoms with E-state index in [0.29, 0.717) is 22.6 Å². The Hall–Kier alpha value is -0.700. The third kappa shape index (κ3) is 7.14. The molecule has 0 unspecified atom stereocenters. The van der Waals surface area contributed by atoms with Gasteiger partial charge in [-0.15, -0.1) is 0 Å². The zero-order chi connectivity index (χ0) is 24.9. The highest BCUT2D eigenvalue weighted by atomic mass is 32.2. The van der Waals surface area contributed by atoms with E-state index in [1.54, 1.807) is 0 Å². The van der Waals surface area contributed by atoms with Gasteiger partial charge >= 0.3 is 23.3 Å². The van der Waals surface area contributed by atoms with E-state index in [2.05, 4.69) is 13.8 Å². The zero-order valence-electron chi connectivity index (χ0n) is 16.6. The Balaban J connectivity index is 0.000000590. The largest absolute Gasteiger partial charge is 0.743 e. The molecule has 0 bridgehead atoms. The molecule has 0 N–H and O–H groups in total. The summed E-state index contributed by atoms with van der Waals surface area (Å²) < 4.78 is 135. The highest BCUT2D eigenvalue weighted by Gasteiger charge is 2.83. The number of carbonyl (C=O) groups is 1. The fourth-order valence-corrected chi connectivity index (χ4v) is 4.57. The highest BCUT2D eigenvalue weighted by molar-refractivity contribution is 7.97. The second-order valence-electron chi connectivity index (χ2n) is 6.75. The first-order valence-corrected chi connectivity index (χ1v) is 12.2. The van der Waals surface area contributed by atoms with Gasteiger partial charge < -0.3 is 4.55 Å². The van der Waals surface area contributed by atoms with Crippen molar-refractivity contribution >= 4 is 26.8 Å². The maximum Gasteiger partial charge on any atom is 0.460 e. The van der Waals surface area contributed by atoms with E-state index in [0.717, 1.165) is 5.75 Å². The second-order valence-corrected chi connectivity index (χ2v) is 10.8. The molecule has 0 aromatic rings. The molecule has 0 atom stereocenters. The molecule has 0 aliphatic heterocycles. The van der Waals surface area contributed by atoms with Crippen molar-refractivity contribution in [1.29, 1.82) is 0 Å². The Morgan fingerprint density at radius 1 is 0.871 bits per heavy atom. The van der Waals surface area contributed by atoms with Crippen LogP contribution in [0.3, 0.4) is 0 Å². The molecule has 186 valence electrons. The SMILES string of the molecule is CC[S+](CC)CC(=O)C1CCCCC1.O=S(=O)([O-])C(F)(F)C(F)(F)C(F)(F)C(F)(F)F. The molecular formula is C16H23F9O4S2. The lowest BCUT2D eigenvalue weighted by Gasteiger charge is -2.34. The van der Waals surface area contributed by atoms with Gasteiger partial charge in [-0.1, -0.05) is 19.3 Å². The van der Waals surface area contributed by atoms with Crippen LogP contribution < -0.4 is 0 Å². The molecule has 0 amide bonds. The first-order valence-electron chi connectivity index (χ1n) is 9.10.